The average Bonchev–Trinajstić information content (AvgIpc) is 3.60. The fraction of sp³-hybridized carbons (Fsp3) is 0. The Kier molecular flexibility index (Phi) is 6.84. The third-order valence-corrected chi connectivity index (χ3v) is 9.25. The molecule has 0 aliphatic carbocycles. The molecule has 0 amide bonds. The zero-order chi connectivity index (χ0) is 31.9. The van der Waals surface area contributed by atoms with Gasteiger partial charge in [0, 0.05) is 28.0 Å². The molecular weight excluding hydrogens is 583 g/mol. The highest BCUT2D eigenvalue weighted by Crippen LogP contribution is 2.39. The summed E-state index contributed by atoms with van der Waals surface area (Å²) in [6.07, 6.45) is 0. The number of rotatable bonds is 6. The first-order valence-electron chi connectivity index (χ1n) is 16.3. The van der Waals surface area contributed by atoms with Gasteiger partial charge < -0.3 is 9.32 Å². The van der Waals surface area contributed by atoms with E-state index in [0.717, 1.165) is 50.5 Å². The molecule has 8 aromatic carbocycles. The minimum Gasteiger partial charge on any atom is -0.456 e. The lowest BCUT2D eigenvalue weighted by Crippen LogP contribution is -2.09. The van der Waals surface area contributed by atoms with Gasteiger partial charge in [0.05, 0.1) is 0 Å². The van der Waals surface area contributed by atoms with Gasteiger partial charge in [-0.05, 0) is 98.4 Å². The molecule has 0 saturated carbocycles. The van der Waals surface area contributed by atoms with E-state index in [1.807, 2.05) is 18.2 Å². The molecule has 0 aliphatic rings. The summed E-state index contributed by atoms with van der Waals surface area (Å²) in [6.45, 7) is 0. The monoisotopic (exact) mass is 613 g/mol. The maximum Gasteiger partial charge on any atom is 0.135 e. The second-order valence-electron chi connectivity index (χ2n) is 12.2. The Balaban J connectivity index is 1.09. The molecule has 0 N–H and O–H groups in total. The van der Waals surface area contributed by atoms with Crippen LogP contribution in [0.1, 0.15) is 0 Å². The van der Waals surface area contributed by atoms with E-state index in [0.29, 0.717) is 0 Å². The molecule has 0 radical (unpaired) electrons. The molecule has 9 aromatic rings. The molecule has 2 heteroatoms. The summed E-state index contributed by atoms with van der Waals surface area (Å²) in [7, 11) is 0. The summed E-state index contributed by atoms with van der Waals surface area (Å²) < 4.78 is 6.18. The third-order valence-electron chi connectivity index (χ3n) is 9.25. The minimum atomic E-state index is 0.879. The van der Waals surface area contributed by atoms with Crippen LogP contribution < -0.4 is 4.90 Å². The molecule has 48 heavy (non-hydrogen) atoms. The van der Waals surface area contributed by atoms with Gasteiger partial charge >= 0.3 is 0 Å². The molecule has 0 bridgehead atoms. The lowest BCUT2D eigenvalue weighted by atomic mass is 9.98. The van der Waals surface area contributed by atoms with Crippen LogP contribution in [0, 0.1) is 0 Å². The van der Waals surface area contributed by atoms with E-state index in [9.17, 15) is 0 Å². The van der Waals surface area contributed by atoms with Crippen LogP contribution in [0.3, 0.4) is 0 Å². The van der Waals surface area contributed by atoms with Crippen LogP contribution in [-0.4, -0.2) is 0 Å². The van der Waals surface area contributed by atoms with Crippen molar-refractivity contribution in [3.8, 4) is 33.6 Å². The van der Waals surface area contributed by atoms with Gasteiger partial charge in [0.1, 0.15) is 11.3 Å². The maximum atomic E-state index is 6.18. The number of hydrogen-bond donors (Lipinski definition) is 0. The van der Waals surface area contributed by atoms with Gasteiger partial charge in [-0.3, -0.25) is 0 Å². The van der Waals surface area contributed by atoms with Crippen LogP contribution in [0.5, 0.6) is 0 Å². The number of furan rings is 1. The number of para-hydroxylation sites is 1. The molecular formula is C46H31NO. The number of anilines is 3. The molecule has 0 unspecified atom stereocenters. The standard InChI is InChI=1S/C46H31NO/c1-2-11-37-30-42(28-21-32(37)9-1)47(41-26-22-35(23-27-41)44-17-8-13-34-10-3-5-16-43(34)44)40-24-19-33(20-25-40)36-14-7-15-38(29-36)46-31-39-12-4-6-18-45(39)48-46/h1-31H. The van der Waals surface area contributed by atoms with Gasteiger partial charge in [0.25, 0.3) is 0 Å². The Morgan fingerprint density at radius 2 is 0.938 bits per heavy atom. The van der Waals surface area contributed by atoms with Crippen molar-refractivity contribution < 1.29 is 4.42 Å². The van der Waals surface area contributed by atoms with Crippen molar-refractivity contribution in [2.45, 2.75) is 0 Å². The second kappa shape index (κ2) is 11.8. The number of hydrogen-bond acceptors (Lipinski definition) is 2. The Labute approximate surface area is 279 Å². The van der Waals surface area contributed by atoms with E-state index < -0.39 is 0 Å². The largest absolute Gasteiger partial charge is 0.456 e. The fourth-order valence-electron chi connectivity index (χ4n) is 6.81. The zero-order valence-electron chi connectivity index (χ0n) is 26.3. The Bertz CT molecular complexity index is 2520. The molecule has 0 aliphatic heterocycles. The topological polar surface area (TPSA) is 16.4 Å². The van der Waals surface area contributed by atoms with E-state index in [4.69, 9.17) is 4.42 Å². The lowest BCUT2D eigenvalue weighted by molar-refractivity contribution is 0.631. The molecule has 1 aromatic heterocycles. The summed E-state index contributed by atoms with van der Waals surface area (Å²) in [5, 5.41) is 6.07. The quantitative estimate of drug-likeness (QED) is 0.185. The Morgan fingerprint density at radius 3 is 1.73 bits per heavy atom. The highest BCUT2D eigenvalue weighted by Gasteiger charge is 2.15. The first-order chi connectivity index (χ1) is 23.8. The average molecular weight is 614 g/mol. The Morgan fingerprint density at radius 1 is 0.333 bits per heavy atom. The fourth-order valence-corrected chi connectivity index (χ4v) is 6.81. The van der Waals surface area contributed by atoms with Gasteiger partial charge in [-0.25, -0.2) is 0 Å². The molecule has 0 fully saturated rings. The van der Waals surface area contributed by atoms with Crippen LogP contribution >= 0.6 is 0 Å². The van der Waals surface area contributed by atoms with Crippen molar-refractivity contribution in [3.05, 3.63) is 188 Å². The van der Waals surface area contributed by atoms with Gasteiger partial charge in [0.15, 0.2) is 0 Å². The van der Waals surface area contributed by atoms with E-state index in [1.165, 1.54) is 32.7 Å². The van der Waals surface area contributed by atoms with Gasteiger partial charge in [-0.15, -0.1) is 0 Å². The highest BCUT2D eigenvalue weighted by atomic mass is 16.3. The summed E-state index contributed by atoms with van der Waals surface area (Å²) in [5.41, 5.74) is 10.0. The minimum absolute atomic E-state index is 0.879. The van der Waals surface area contributed by atoms with E-state index in [2.05, 4.69) is 175 Å². The summed E-state index contributed by atoms with van der Waals surface area (Å²) in [4.78, 5) is 2.34. The van der Waals surface area contributed by atoms with Crippen molar-refractivity contribution in [2.75, 3.05) is 4.90 Å². The highest BCUT2D eigenvalue weighted by molar-refractivity contribution is 5.97. The first-order valence-corrected chi connectivity index (χ1v) is 16.3. The zero-order valence-corrected chi connectivity index (χ0v) is 26.3. The van der Waals surface area contributed by atoms with Crippen LogP contribution in [0.4, 0.5) is 17.1 Å². The van der Waals surface area contributed by atoms with Gasteiger partial charge in [-0.1, -0.05) is 133 Å². The van der Waals surface area contributed by atoms with Crippen LogP contribution in [0.25, 0.3) is 66.1 Å². The number of benzene rings is 8. The van der Waals surface area contributed by atoms with Gasteiger partial charge in [0.2, 0.25) is 0 Å². The van der Waals surface area contributed by atoms with E-state index >= 15 is 0 Å². The molecule has 1 heterocycles. The molecule has 9 rings (SSSR count). The number of nitrogens with zero attached hydrogens (tertiary/aromatic N) is 1. The predicted molar refractivity (Wildman–Crippen MR) is 202 cm³/mol. The van der Waals surface area contributed by atoms with Gasteiger partial charge in [-0.2, -0.15) is 0 Å². The molecule has 2 nitrogen and oxygen atoms in total. The molecule has 0 saturated heterocycles. The predicted octanol–water partition coefficient (Wildman–Crippen LogP) is 13.2. The van der Waals surface area contributed by atoms with Crippen molar-refractivity contribution in [2.24, 2.45) is 0 Å². The van der Waals surface area contributed by atoms with Crippen molar-refractivity contribution in [3.63, 3.8) is 0 Å². The summed E-state index contributed by atoms with van der Waals surface area (Å²) in [6, 6.07) is 67.0. The van der Waals surface area contributed by atoms with Crippen LogP contribution in [-0.2, 0) is 0 Å². The summed E-state index contributed by atoms with van der Waals surface area (Å²) >= 11 is 0. The molecule has 226 valence electrons. The smallest absolute Gasteiger partial charge is 0.135 e. The molecule has 0 atom stereocenters. The SMILES string of the molecule is c1cc(-c2ccc(N(c3ccc(-c4cccc5ccccc45)cc3)c3ccc4ccccc4c3)cc2)cc(-c2cc3ccccc3o2)c1. The third kappa shape index (κ3) is 5.10. The maximum absolute atomic E-state index is 6.18. The Hall–Kier alpha value is -6.38. The van der Waals surface area contributed by atoms with E-state index in [1.54, 1.807) is 0 Å². The van der Waals surface area contributed by atoms with Crippen LogP contribution in [0.2, 0.25) is 0 Å². The first kappa shape index (κ1) is 27.9. The number of fused-ring (bicyclic) bond motifs is 3. The van der Waals surface area contributed by atoms with Crippen molar-refractivity contribution >= 4 is 49.6 Å². The van der Waals surface area contributed by atoms with E-state index in [-0.39, 0.29) is 0 Å². The van der Waals surface area contributed by atoms with Crippen molar-refractivity contribution in [1.29, 1.82) is 0 Å². The second-order valence-corrected chi connectivity index (χ2v) is 12.2. The van der Waals surface area contributed by atoms with Crippen LogP contribution in [0.15, 0.2) is 192 Å². The van der Waals surface area contributed by atoms with Crippen molar-refractivity contribution in [1.82, 2.24) is 0 Å². The normalized spacial score (nSPS) is 11.3. The lowest BCUT2D eigenvalue weighted by Gasteiger charge is -2.26. The molecule has 0 spiro atoms. The summed E-state index contributed by atoms with van der Waals surface area (Å²) in [5.74, 6) is 0.879.